The Balaban J connectivity index is 2.42. The van der Waals surface area contributed by atoms with Gasteiger partial charge in [0, 0.05) is 0 Å². The molecule has 1 aromatic heterocycles. The van der Waals surface area contributed by atoms with Crippen LogP contribution in [0.2, 0.25) is 5.15 Å². The molecule has 0 unspecified atom stereocenters. The molecule has 0 saturated heterocycles. The van der Waals surface area contributed by atoms with Crippen molar-refractivity contribution in [2.24, 2.45) is 0 Å². The summed E-state index contributed by atoms with van der Waals surface area (Å²) < 4.78 is 1.54. The Labute approximate surface area is 116 Å². The average Bonchev–Trinajstić information content (AvgIpc) is 2.68. The van der Waals surface area contributed by atoms with Crippen LogP contribution in [0.5, 0.6) is 0 Å². The molecule has 1 aromatic carbocycles. The van der Waals surface area contributed by atoms with Crippen LogP contribution in [0.15, 0.2) is 30.3 Å². The summed E-state index contributed by atoms with van der Waals surface area (Å²) in [7, 11) is 0. The van der Waals surface area contributed by atoms with Crippen LogP contribution in [0, 0.1) is 0 Å². The molecule has 1 N–H and O–H groups in total. The van der Waals surface area contributed by atoms with Gasteiger partial charge in [0.25, 0.3) is 0 Å². The molecule has 2 rings (SSSR count). The highest BCUT2D eigenvalue weighted by Gasteiger charge is 2.23. The van der Waals surface area contributed by atoms with E-state index in [1.165, 1.54) is 4.68 Å². The van der Waals surface area contributed by atoms with Crippen LogP contribution in [0.4, 0.5) is 0 Å². The third kappa shape index (κ3) is 2.79. The lowest BCUT2D eigenvalue weighted by atomic mass is 10.1. The van der Waals surface area contributed by atoms with Crippen LogP contribution in [0.1, 0.15) is 41.4 Å². The molecule has 0 amide bonds. The normalized spacial score (nSPS) is 10.9. The standard InChI is InChI=1S/C14H15ClN2O2/c1-9(2)12-11(14(18)19)13(15)17(16-12)8-10-6-4-3-5-7-10/h3-7,9H,8H2,1-2H3,(H,18,19). The molecule has 5 heteroatoms. The Bertz CT molecular complexity index is 591. The molecular formula is C14H15ClN2O2. The lowest BCUT2D eigenvalue weighted by Crippen LogP contribution is -2.02. The smallest absolute Gasteiger partial charge is 0.340 e. The number of aromatic nitrogens is 2. The first-order valence-electron chi connectivity index (χ1n) is 6.04. The molecule has 0 aliphatic carbocycles. The first kappa shape index (κ1) is 13.6. The summed E-state index contributed by atoms with van der Waals surface area (Å²) >= 11 is 6.14. The summed E-state index contributed by atoms with van der Waals surface area (Å²) in [6.07, 6.45) is 0. The summed E-state index contributed by atoms with van der Waals surface area (Å²) in [5.41, 5.74) is 1.65. The molecule has 0 aliphatic heterocycles. The van der Waals surface area contributed by atoms with Gasteiger partial charge >= 0.3 is 5.97 Å². The molecule has 0 fully saturated rings. The van der Waals surface area contributed by atoms with E-state index in [2.05, 4.69) is 5.10 Å². The van der Waals surface area contributed by atoms with Gasteiger partial charge in [0.15, 0.2) is 0 Å². The number of carbonyl (C=O) groups is 1. The van der Waals surface area contributed by atoms with Crippen molar-refractivity contribution < 1.29 is 9.90 Å². The van der Waals surface area contributed by atoms with Gasteiger partial charge in [-0.15, -0.1) is 0 Å². The maximum atomic E-state index is 11.3. The van der Waals surface area contributed by atoms with E-state index in [1.54, 1.807) is 0 Å². The minimum absolute atomic E-state index is 0.0145. The number of aromatic carboxylic acids is 1. The molecular weight excluding hydrogens is 264 g/mol. The molecule has 4 nitrogen and oxygen atoms in total. The minimum Gasteiger partial charge on any atom is -0.478 e. The largest absolute Gasteiger partial charge is 0.478 e. The third-order valence-corrected chi connectivity index (χ3v) is 3.24. The fourth-order valence-corrected chi connectivity index (χ4v) is 2.20. The summed E-state index contributed by atoms with van der Waals surface area (Å²) in [6.45, 7) is 4.27. The number of nitrogens with zero attached hydrogens (tertiary/aromatic N) is 2. The molecule has 19 heavy (non-hydrogen) atoms. The number of benzene rings is 1. The Morgan fingerprint density at radius 3 is 2.47 bits per heavy atom. The summed E-state index contributed by atoms with van der Waals surface area (Å²) in [6, 6.07) is 9.68. The Kier molecular flexibility index (Phi) is 3.90. The predicted molar refractivity (Wildman–Crippen MR) is 73.8 cm³/mol. The van der Waals surface area contributed by atoms with Crippen LogP contribution in [-0.2, 0) is 6.54 Å². The second kappa shape index (κ2) is 5.45. The summed E-state index contributed by atoms with van der Waals surface area (Å²) in [5.74, 6) is -1.02. The van der Waals surface area contributed by atoms with E-state index in [4.69, 9.17) is 11.6 Å². The van der Waals surface area contributed by atoms with Crippen molar-refractivity contribution in [3.8, 4) is 0 Å². The van der Waals surface area contributed by atoms with E-state index >= 15 is 0 Å². The molecule has 1 heterocycles. The maximum absolute atomic E-state index is 11.3. The van der Waals surface area contributed by atoms with Gasteiger partial charge in [-0.2, -0.15) is 5.10 Å². The fraction of sp³-hybridized carbons (Fsp3) is 0.286. The van der Waals surface area contributed by atoms with Crippen LogP contribution >= 0.6 is 11.6 Å². The summed E-state index contributed by atoms with van der Waals surface area (Å²) in [4.78, 5) is 11.3. The second-order valence-corrected chi connectivity index (χ2v) is 5.01. The van der Waals surface area contributed by atoms with E-state index in [1.807, 2.05) is 44.2 Å². The van der Waals surface area contributed by atoms with E-state index in [0.717, 1.165) is 5.56 Å². The zero-order valence-corrected chi connectivity index (χ0v) is 11.6. The van der Waals surface area contributed by atoms with E-state index < -0.39 is 5.97 Å². The van der Waals surface area contributed by atoms with Crippen molar-refractivity contribution in [1.82, 2.24) is 9.78 Å². The molecule has 100 valence electrons. The van der Waals surface area contributed by atoms with E-state index in [0.29, 0.717) is 12.2 Å². The molecule has 0 atom stereocenters. The number of halogens is 1. The number of carboxylic acid groups (broad SMARTS) is 1. The van der Waals surface area contributed by atoms with E-state index in [9.17, 15) is 9.90 Å². The Morgan fingerprint density at radius 1 is 1.37 bits per heavy atom. The quantitative estimate of drug-likeness (QED) is 0.932. The molecule has 2 aromatic rings. The second-order valence-electron chi connectivity index (χ2n) is 4.65. The lowest BCUT2D eigenvalue weighted by molar-refractivity contribution is 0.0695. The molecule has 0 spiro atoms. The van der Waals surface area contributed by atoms with Crippen molar-refractivity contribution in [3.63, 3.8) is 0 Å². The number of rotatable bonds is 4. The summed E-state index contributed by atoms with van der Waals surface area (Å²) in [5, 5.41) is 13.7. The van der Waals surface area contributed by atoms with Crippen LogP contribution in [0.25, 0.3) is 0 Å². The third-order valence-electron chi connectivity index (χ3n) is 2.85. The minimum atomic E-state index is -1.03. The van der Waals surface area contributed by atoms with Crippen molar-refractivity contribution in [3.05, 3.63) is 52.3 Å². The number of hydrogen-bond donors (Lipinski definition) is 1. The first-order chi connectivity index (χ1) is 9.00. The highest BCUT2D eigenvalue weighted by atomic mass is 35.5. The van der Waals surface area contributed by atoms with Crippen molar-refractivity contribution in [2.45, 2.75) is 26.3 Å². The lowest BCUT2D eigenvalue weighted by Gasteiger charge is -2.03. The highest BCUT2D eigenvalue weighted by Crippen LogP contribution is 2.26. The van der Waals surface area contributed by atoms with Gasteiger partial charge in [-0.1, -0.05) is 55.8 Å². The van der Waals surface area contributed by atoms with Crippen molar-refractivity contribution in [2.75, 3.05) is 0 Å². The fourth-order valence-electron chi connectivity index (χ4n) is 1.92. The van der Waals surface area contributed by atoms with Gasteiger partial charge in [-0.05, 0) is 11.5 Å². The van der Waals surface area contributed by atoms with Crippen LogP contribution < -0.4 is 0 Å². The zero-order chi connectivity index (χ0) is 14.0. The molecule has 0 aliphatic rings. The number of hydrogen-bond acceptors (Lipinski definition) is 2. The van der Waals surface area contributed by atoms with Crippen molar-refractivity contribution in [1.29, 1.82) is 0 Å². The first-order valence-corrected chi connectivity index (χ1v) is 6.42. The zero-order valence-electron chi connectivity index (χ0n) is 10.8. The van der Waals surface area contributed by atoms with Gasteiger partial charge in [0.2, 0.25) is 0 Å². The predicted octanol–water partition coefficient (Wildman–Crippen LogP) is 3.41. The maximum Gasteiger partial charge on any atom is 0.340 e. The highest BCUT2D eigenvalue weighted by molar-refractivity contribution is 6.32. The van der Waals surface area contributed by atoms with Gasteiger partial charge < -0.3 is 5.11 Å². The van der Waals surface area contributed by atoms with Crippen molar-refractivity contribution >= 4 is 17.6 Å². The van der Waals surface area contributed by atoms with E-state index in [-0.39, 0.29) is 16.6 Å². The van der Waals surface area contributed by atoms with Gasteiger partial charge in [-0.25, -0.2) is 9.48 Å². The molecule has 0 bridgehead atoms. The number of carboxylic acids is 1. The Hall–Kier alpha value is -1.81. The van der Waals surface area contributed by atoms with Gasteiger partial charge in [-0.3, -0.25) is 0 Å². The van der Waals surface area contributed by atoms with Gasteiger partial charge in [0.1, 0.15) is 10.7 Å². The Morgan fingerprint density at radius 2 is 2.00 bits per heavy atom. The van der Waals surface area contributed by atoms with Crippen LogP contribution in [0.3, 0.4) is 0 Å². The molecule has 0 radical (unpaired) electrons. The average molecular weight is 279 g/mol. The van der Waals surface area contributed by atoms with Gasteiger partial charge in [0.05, 0.1) is 12.2 Å². The topological polar surface area (TPSA) is 55.1 Å². The SMILES string of the molecule is CC(C)c1nn(Cc2ccccc2)c(Cl)c1C(=O)O. The monoisotopic (exact) mass is 278 g/mol. The molecule has 0 saturated carbocycles. The van der Waals surface area contributed by atoms with Crippen LogP contribution in [-0.4, -0.2) is 20.9 Å².